The van der Waals surface area contributed by atoms with Crippen LogP contribution in [0.3, 0.4) is 0 Å². The molecule has 3 aromatic carbocycles. The molecule has 0 unspecified atom stereocenters. The van der Waals surface area contributed by atoms with Crippen molar-refractivity contribution in [1.82, 2.24) is 4.98 Å². The number of hydrogen-bond acceptors (Lipinski definition) is 3. The van der Waals surface area contributed by atoms with E-state index >= 15 is 0 Å². The molecular weight excluding hydrogens is 486 g/mol. The maximum Gasteiger partial charge on any atom is 0.345 e. The molecule has 32 heavy (non-hydrogen) atoms. The smallest absolute Gasteiger partial charge is 0.345 e. The topological polar surface area (TPSA) is 43.1 Å². The number of hydrogen-bond donors (Lipinski definition) is 0. The van der Waals surface area contributed by atoms with Crippen molar-refractivity contribution >= 4 is 38.5 Å². The molecular formula is C27H17BrClNO2. The van der Waals surface area contributed by atoms with Crippen LogP contribution in [0.15, 0.2) is 98.6 Å². The molecule has 0 amide bonds. The molecule has 3 nitrogen and oxygen atoms in total. The highest BCUT2D eigenvalue weighted by Crippen LogP contribution is 2.31. The largest absolute Gasteiger partial charge is 0.422 e. The Morgan fingerprint density at radius 1 is 0.781 bits per heavy atom. The summed E-state index contributed by atoms with van der Waals surface area (Å²) >= 11 is 9.56. The first-order valence-corrected chi connectivity index (χ1v) is 11.2. The predicted octanol–water partition coefficient (Wildman–Crippen LogP) is 7.91. The third kappa shape index (κ3) is 4.12. The van der Waals surface area contributed by atoms with Crippen molar-refractivity contribution in [3.8, 4) is 33.6 Å². The van der Waals surface area contributed by atoms with Gasteiger partial charge in [0, 0.05) is 20.4 Å². The Kier molecular flexibility index (Phi) is 5.41. The summed E-state index contributed by atoms with van der Waals surface area (Å²) in [5.41, 5.74) is 5.95. The van der Waals surface area contributed by atoms with Gasteiger partial charge in [-0.05, 0) is 66.6 Å². The van der Waals surface area contributed by atoms with Crippen LogP contribution in [0.2, 0.25) is 5.02 Å². The van der Waals surface area contributed by atoms with Gasteiger partial charge in [0.1, 0.15) is 5.58 Å². The average Bonchev–Trinajstić information content (AvgIpc) is 2.79. The Morgan fingerprint density at radius 3 is 2.22 bits per heavy atom. The second-order valence-corrected chi connectivity index (χ2v) is 8.98. The van der Waals surface area contributed by atoms with Crippen LogP contribution in [0.5, 0.6) is 0 Å². The van der Waals surface area contributed by atoms with Crippen molar-refractivity contribution in [3.05, 3.63) is 110 Å². The maximum atomic E-state index is 12.9. The molecule has 0 aliphatic rings. The highest BCUT2D eigenvalue weighted by atomic mass is 79.9. The summed E-state index contributed by atoms with van der Waals surface area (Å²) in [7, 11) is 0. The summed E-state index contributed by atoms with van der Waals surface area (Å²) in [4.78, 5) is 17.7. The number of pyridine rings is 1. The van der Waals surface area contributed by atoms with Crippen molar-refractivity contribution < 1.29 is 4.42 Å². The lowest BCUT2D eigenvalue weighted by atomic mass is 9.99. The Labute approximate surface area is 198 Å². The Balaban J connectivity index is 1.75. The van der Waals surface area contributed by atoms with Crippen molar-refractivity contribution in [2.75, 3.05) is 0 Å². The molecule has 2 heterocycles. The lowest BCUT2D eigenvalue weighted by Gasteiger charge is -2.10. The van der Waals surface area contributed by atoms with Crippen LogP contribution in [0.4, 0.5) is 0 Å². The van der Waals surface area contributed by atoms with E-state index in [4.69, 9.17) is 21.0 Å². The Hall–Kier alpha value is -3.21. The molecule has 0 spiro atoms. The lowest BCUT2D eigenvalue weighted by Crippen LogP contribution is -2.04. The van der Waals surface area contributed by atoms with Crippen LogP contribution in [-0.2, 0) is 0 Å². The fraction of sp³-hybridized carbons (Fsp3) is 0.0370. The summed E-state index contributed by atoms with van der Waals surface area (Å²) < 4.78 is 6.50. The van der Waals surface area contributed by atoms with E-state index in [9.17, 15) is 4.79 Å². The number of benzene rings is 3. The molecule has 2 aromatic heterocycles. The third-order valence-electron chi connectivity index (χ3n) is 5.32. The van der Waals surface area contributed by atoms with Crippen LogP contribution >= 0.6 is 27.5 Å². The molecule has 0 radical (unpaired) electrons. The van der Waals surface area contributed by atoms with E-state index < -0.39 is 5.63 Å². The van der Waals surface area contributed by atoms with Gasteiger partial charge in [-0.1, -0.05) is 69.5 Å². The van der Waals surface area contributed by atoms with Crippen LogP contribution in [0, 0.1) is 6.92 Å². The molecule has 0 saturated carbocycles. The number of fused-ring (bicyclic) bond motifs is 1. The van der Waals surface area contributed by atoms with Gasteiger partial charge in [-0.2, -0.15) is 0 Å². The molecule has 5 heteroatoms. The van der Waals surface area contributed by atoms with Crippen molar-refractivity contribution in [3.63, 3.8) is 0 Å². The number of aromatic nitrogens is 1. The van der Waals surface area contributed by atoms with Gasteiger partial charge in [0.15, 0.2) is 0 Å². The van der Waals surface area contributed by atoms with Crippen LogP contribution < -0.4 is 5.63 Å². The van der Waals surface area contributed by atoms with Gasteiger partial charge in [-0.15, -0.1) is 0 Å². The van der Waals surface area contributed by atoms with E-state index in [1.807, 2.05) is 54.6 Å². The summed E-state index contributed by atoms with van der Waals surface area (Å²) in [5.74, 6) is 0. The van der Waals surface area contributed by atoms with Crippen molar-refractivity contribution in [2.24, 2.45) is 0 Å². The van der Waals surface area contributed by atoms with Crippen LogP contribution in [0.25, 0.3) is 44.6 Å². The summed E-state index contributed by atoms with van der Waals surface area (Å²) in [6, 6.07) is 27.1. The first kappa shape index (κ1) is 20.7. The minimum absolute atomic E-state index is 0.416. The quantitative estimate of drug-likeness (QED) is 0.235. The van der Waals surface area contributed by atoms with Crippen molar-refractivity contribution in [1.29, 1.82) is 0 Å². The first-order chi connectivity index (χ1) is 15.5. The molecule has 0 bridgehead atoms. The molecule has 156 valence electrons. The second-order valence-electron chi connectivity index (χ2n) is 7.63. The van der Waals surface area contributed by atoms with Crippen LogP contribution in [-0.4, -0.2) is 4.98 Å². The van der Waals surface area contributed by atoms with Gasteiger partial charge in [0.25, 0.3) is 0 Å². The average molecular weight is 503 g/mol. The number of rotatable bonds is 3. The normalized spacial score (nSPS) is 11.1. The highest BCUT2D eigenvalue weighted by molar-refractivity contribution is 9.10. The second kappa shape index (κ2) is 8.38. The van der Waals surface area contributed by atoms with E-state index in [2.05, 4.69) is 47.1 Å². The first-order valence-electron chi connectivity index (χ1n) is 10.1. The van der Waals surface area contributed by atoms with Gasteiger partial charge < -0.3 is 4.42 Å². The zero-order valence-electron chi connectivity index (χ0n) is 17.1. The molecule has 0 aliphatic carbocycles. The minimum Gasteiger partial charge on any atom is -0.422 e. The summed E-state index contributed by atoms with van der Waals surface area (Å²) in [6.45, 7) is 2.05. The molecule has 0 aliphatic heterocycles. The molecule has 0 atom stereocenters. The number of nitrogens with zero attached hydrogens (tertiary/aromatic N) is 1. The fourth-order valence-corrected chi connectivity index (χ4v) is 4.13. The van der Waals surface area contributed by atoms with Gasteiger partial charge in [-0.25, -0.2) is 9.78 Å². The third-order valence-corrected chi connectivity index (χ3v) is 6.07. The molecule has 0 N–H and O–H groups in total. The zero-order chi connectivity index (χ0) is 22.2. The molecule has 5 aromatic rings. The predicted molar refractivity (Wildman–Crippen MR) is 134 cm³/mol. The van der Waals surface area contributed by atoms with Crippen LogP contribution in [0.1, 0.15) is 5.56 Å². The maximum absolute atomic E-state index is 12.9. The Morgan fingerprint density at radius 2 is 1.47 bits per heavy atom. The monoisotopic (exact) mass is 501 g/mol. The van der Waals surface area contributed by atoms with Gasteiger partial charge in [0.05, 0.1) is 17.0 Å². The van der Waals surface area contributed by atoms with E-state index in [1.54, 1.807) is 6.07 Å². The highest BCUT2D eigenvalue weighted by Gasteiger charge is 2.14. The molecule has 0 fully saturated rings. The minimum atomic E-state index is -0.421. The SMILES string of the molecule is Cc1ccc(-c2cc(-c3ccc(Cl)cc3)nc(-c3cc4cc(Br)ccc4oc3=O)c2)cc1. The van der Waals surface area contributed by atoms with Gasteiger partial charge >= 0.3 is 5.63 Å². The van der Waals surface area contributed by atoms with Gasteiger partial charge in [-0.3, -0.25) is 0 Å². The van der Waals surface area contributed by atoms with E-state index in [0.29, 0.717) is 21.9 Å². The number of aryl methyl sites for hydroxylation is 1. The lowest BCUT2D eigenvalue weighted by molar-refractivity contribution is 0.563. The van der Waals surface area contributed by atoms with E-state index in [-0.39, 0.29) is 0 Å². The van der Waals surface area contributed by atoms with Gasteiger partial charge in [0.2, 0.25) is 0 Å². The molecule has 0 saturated heterocycles. The fourth-order valence-electron chi connectivity index (χ4n) is 3.62. The zero-order valence-corrected chi connectivity index (χ0v) is 19.4. The summed E-state index contributed by atoms with van der Waals surface area (Å²) in [5, 5.41) is 1.48. The molecule has 5 rings (SSSR count). The standard InChI is InChI=1S/C27H17BrClNO2/c1-16-2-4-17(5-3-16)19-14-24(18-6-9-22(29)10-7-18)30-25(15-19)23-13-20-12-21(28)8-11-26(20)32-27(23)31/h2-15H,1H3. The summed E-state index contributed by atoms with van der Waals surface area (Å²) in [6.07, 6.45) is 0. The van der Waals surface area contributed by atoms with E-state index in [0.717, 1.165) is 32.2 Å². The number of halogens is 2. The van der Waals surface area contributed by atoms with Crippen molar-refractivity contribution in [2.45, 2.75) is 6.92 Å². The van der Waals surface area contributed by atoms with E-state index in [1.165, 1.54) is 5.56 Å². The Bertz CT molecular complexity index is 1440.